The number of urea groups is 1. The van der Waals surface area contributed by atoms with Crippen molar-refractivity contribution in [3.63, 3.8) is 0 Å². The van der Waals surface area contributed by atoms with Crippen LogP contribution in [0.5, 0.6) is 0 Å². The van der Waals surface area contributed by atoms with Crippen LogP contribution < -0.4 is 5.32 Å². The lowest BCUT2D eigenvalue weighted by molar-refractivity contribution is -0.146. The smallest absolute Gasteiger partial charge is 0.334 e. The van der Waals surface area contributed by atoms with Gasteiger partial charge in [-0.1, -0.05) is 0 Å². The largest absolute Gasteiger partial charge is 0.479 e. The highest BCUT2D eigenvalue weighted by atomic mass is 16.4. The molecule has 1 unspecified atom stereocenters. The van der Waals surface area contributed by atoms with Gasteiger partial charge < -0.3 is 25.3 Å². The number of aliphatic hydroxyl groups excluding tert-OH is 1. The van der Waals surface area contributed by atoms with Gasteiger partial charge in [-0.3, -0.25) is 0 Å². The Bertz CT molecular complexity index is 363. The summed E-state index contributed by atoms with van der Waals surface area (Å²) in [5.74, 6) is -0.670. The van der Waals surface area contributed by atoms with Crippen LogP contribution in [0, 0.1) is 5.92 Å². The number of likely N-dealkylation sites (tertiary alicyclic amines) is 2. The number of carboxylic acid groups (broad SMARTS) is 1. The zero-order chi connectivity index (χ0) is 15.2. The van der Waals surface area contributed by atoms with E-state index >= 15 is 0 Å². The average Bonchev–Trinajstić information content (AvgIpc) is 2.98. The van der Waals surface area contributed by atoms with Crippen molar-refractivity contribution in [1.29, 1.82) is 0 Å². The number of aliphatic carboxylic acids is 1. The highest BCUT2D eigenvalue weighted by Crippen LogP contribution is 2.20. The van der Waals surface area contributed by atoms with Gasteiger partial charge in [0.1, 0.15) is 0 Å². The third-order valence-corrected chi connectivity index (χ3v) is 4.35. The Hall–Kier alpha value is -1.34. The highest BCUT2D eigenvalue weighted by Gasteiger charge is 2.25. The number of nitrogens with zero attached hydrogens (tertiary/aromatic N) is 2. The maximum Gasteiger partial charge on any atom is 0.334 e. The first kappa shape index (κ1) is 16.0. The van der Waals surface area contributed by atoms with E-state index in [2.05, 4.69) is 10.2 Å². The van der Waals surface area contributed by atoms with Crippen molar-refractivity contribution in [2.45, 2.75) is 31.8 Å². The summed E-state index contributed by atoms with van der Waals surface area (Å²) < 4.78 is 0. The normalized spacial score (nSPS) is 22.2. The number of carboxylic acids is 1. The minimum atomic E-state index is -1.54. The van der Waals surface area contributed by atoms with E-state index in [0.717, 1.165) is 19.4 Å². The summed E-state index contributed by atoms with van der Waals surface area (Å²) in [6, 6.07) is -0.282. The summed E-state index contributed by atoms with van der Waals surface area (Å²) in [5, 5.41) is 20.2. The molecule has 0 saturated carbocycles. The molecule has 0 spiro atoms. The molecule has 0 radical (unpaired) electrons. The first-order valence-electron chi connectivity index (χ1n) is 7.72. The predicted molar refractivity (Wildman–Crippen MR) is 77.0 cm³/mol. The Morgan fingerprint density at radius 1 is 1.14 bits per heavy atom. The van der Waals surface area contributed by atoms with Gasteiger partial charge in [-0.05, 0) is 44.7 Å². The average molecular weight is 299 g/mol. The quantitative estimate of drug-likeness (QED) is 0.662. The first-order chi connectivity index (χ1) is 10.1. The molecule has 2 rings (SSSR count). The number of amides is 2. The summed E-state index contributed by atoms with van der Waals surface area (Å²) >= 11 is 0. The molecular formula is C14H25N3O4. The molecule has 2 aliphatic heterocycles. The fourth-order valence-electron chi connectivity index (χ4n) is 3.03. The van der Waals surface area contributed by atoms with Gasteiger partial charge in [0.05, 0.1) is 6.54 Å². The Morgan fingerprint density at radius 3 is 2.33 bits per heavy atom. The zero-order valence-electron chi connectivity index (χ0n) is 12.3. The lowest BCUT2D eigenvalue weighted by atomic mass is 9.96. The molecule has 2 amide bonds. The van der Waals surface area contributed by atoms with Crippen molar-refractivity contribution < 1.29 is 19.8 Å². The fraction of sp³-hybridized carbons (Fsp3) is 0.857. The van der Waals surface area contributed by atoms with E-state index in [0.29, 0.717) is 19.0 Å². The molecule has 0 aromatic carbocycles. The molecule has 2 fully saturated rings. The first-order valence-corrected chi connectivity index (χ1v) is 7.72. The van der Waals surface area contributed by atoms with Crippen molar-refractivity contribution in [3.8, 4) is 0 Å². The minimum absolute atomic E-state index is 0.248. The van der Waals surface area contributed by atoms with Crippen LogP contribution in [-0.2, 0) is 4.79 Å². The second kappa shape index (κ2) is 7.61. The van der Waals surface area contributed by atoms with Gasteiger partial charge in [0, 0.05) is 19.6 Å². The Labute approximate surface area is 124 Å². The standard InChI is InChI=1S/C14H25N3O4/c18-12(13(19)20)9-15-14(21)17-7-3-11(4-8-17)10-16-5-1-2-6-16/h11-12,18H,1-10H2,(H,15,21)(H,19,20). The summed E-state index contributed by atoms with van der Waals surface area (Å²) in [5.41, 5.74) is 0. The van der Waals surface area contributed by atoms with Crippen LogP contribution in [0.15, 0.2) is 0 Å². The zero-order valence-corrected chi connectivity index (χ0v) is 12.3. The molecule has 7 nitrogen and oxygen atoms in total. The third kappa shape index (κ3) is 4.86. The van der Waals surface area contributed by atoms with E-state index in [-0.39, 0.29) is 12.6 Å². The van der Waals surface area contributed by atoms with Gasteiger partial charge in [-0.25, -0.2) is 9.59 Å². The van der Waals surface area contributed by atoms with Crippen LogP contribution in [-0.4, -0.2) is 77.4 Å². The predicted octanol–water partition coefficient (Wildman–Crippen LogP) is -0.0507. The molecule has 0 aromatic heterocycles. The molecule has 0 aromatic rings. The number of piperidine rings is 1. The Kier molecular flexibility index (Phi) is 5.81. The van der Waals surface area contributed by atoms with Crippen molar-refractivity contribution in [1.82, 2.24) is 15.1 Å². The number of carbonyl (C=O) groups is 2. The van der Waals surface area contributed by atoms with Crippen molar-refractivity contribution in [2.24, 2.45) is 5.92 Å². The van der Waals surface area contributed by atoms with Crippen LogP contribution in [0.1, 0.15) is 25.7 Å². The molecule has 2 aliphatic rings. The monoisotopic (exact) mass is 299 g/mol. The fourth-order valence-corrected chi connectivity index (χ4v) is 3.03. The van der Waals surface area contributed by atoms with E-state index in [9.17, 15) is 9.59 Å². The van der Waals surface area contributed by atoms with Gasteiger partial charge in [0.15, 0.2) is 6.10 Å². The number of carbonyl (C=O) groups excluding carboxylic acids is 1. The molecule has 2 saturated heterocycles. The van der Waals surface area contributed by atoms with Crippen LogP contribution in [0.3, 0.4) is 0 Å². The van der Waals surface area contributed by atoms with Gasteiger partial charge in [0.25, 0.3) is 0 Å². The number of rotatable bonds is 5. The van der Waals surface area contributed by atoms with E-state index in [1.54, 1.807) is 4.90 Å². The molecular weight excluding hydrogens is 274 g/mol. The molecule has 2 heterocycles. The van der Waals surface area contributed by atoms with Gasteiger partial charge >= 0.3 is 12.0 Å². The summed E-state index contributed by atoms with van der Waals surface area (Å²) in [4.78, 5) is 26.6. The molecule has 7 heteroatoms. The van der Waals surface area contributed by atoms with E-state index in [4.69, 9.17) is 10.2 Å². The lowest BCUT2D eigenvalue weighted by Crippen LogP contribution is -2.48. The number of hydrogen-bond acceptors (Lipinski definition) is 4. The van der Waals surface area contributed by atoms with Crippen molar-refractivity contribution in [2.75, 3.05) is 39.3 Å². The Balaban J connectivity index is 1.65. The number of aliphatic hydroxyl groups is 1. The highest BCUT2D eigenvalue weighted by molar-refractivity contribution is 5.76. The summed E-state index contributed by atoms with van der Waals surface area (Å²) in [6.45, 7) is 4.69. The van der Waals surface area contributed by atoms with Crippen LogP contribution in [0.2, 0.25) is 0 Å². The second-order valence-corrected chi connectivity index (χ2v) is 5.98. The topological polar surface area (TPSA) is 93.1 Å². The number of nitrogens with one attached hydrogen (secondary N) is 1. The summed E-state index contributed by atoms with van der Waals surface area (Å²) in [6.07, 6.45) is 3.04. The van der Waals surface area contributed by atoms with Crippen LogP contribution in [0.4, 0.5) is 4.79 Å². The summed E-state index contributed by atoms with van der Waals surface area (Å²) in [7, 11) is 0. The third-order valence-electron chi connectivity index (χ3n) is 4.35. The van der Waals surface area contributed by atoms with Gasteiger partial charge in [-0.15, -0.1) is 0 Å². The van der Waals surface area contributed by atoms with Crippen LogP contribution in [0.25, 0.3) is 0 Å². The van der Waals surface area contributed by atoms with E-state index < -0.39 is 12.1 Å². The SMILES string of the molecule is O=C(O)C(O)CNC(=O)N1CCC(CN2CCCC2)CC1. The van der Waals surface area contributed by atoms with Crippen LogP contribution >= 0.6 is 0 Å². The molecule has 0 aliphatic carbocycles. The molecule has 120 valence electrons. The molecule has 1 atom stereocenters. The molecule has 21 heavy (non-hydrogen) atoms. The Morgan fingerprint density at radius 2 is 1.76 bits per heavy atom. The maximum absolute atomic E-state index is 11.9. The maximum atomic E-state index is 11.9. The minimum Gasteiger partial charge on any atom is -0.479 e. The molecule has 0 bridgehead atoms. The van der Waals surface area contributed by atoms with Crippen molar-refractivity contribution >= 4 is 12.0 Å². The van der Waals surface area contributed by atoms with E-state index in [1.807, 2.05) is 0 Å². The van der Waals surface area contributed by atoms with E-state index in [1.165, 1.54) is 25.9 Å². The second-order valence-electron chi connectivity index (χ2n) is 5.98. The van der Waals surface area contributed by atoms with Gasteiger partial charge in [0.2, 0.25) is 0 Å². The van der Waals surface area contributed by atoms with Gasteiger partial charge in [-0.2, -0.15) is 0 Å². The van der Waals surface area contributed by atoms with Crippen molar-refractivity contribution in [3.05, 3.63) is 0 Å². The lowest BCUT2D eigenvalue weighted by Gasteiger charge is -2.33. The molecule has 3 N–H and O–H groups in total. The number of hydrogen-bond donors (Lipinski definition) is 3.